The molecule has 0 saturated heterocycles. The highest BCUT2D eigenvalue weighted by Crippen LogP contribution is 2.20. The normalized spacial score (nSPS) is 11.5. The van der Waals surface area contributed by atoms with Crippen LogP contribution in [-0.2, 0) is 4.79 Å². The van der Waals surface area contributed by atoms with E-state index >= 15 is 0 Å². The van der Waals surface area contributed by atoms with Gasteiger partial charge in [0.2, 0.25) is 5.91 Å². The predicted molar refractivity (Wildman–Crippen MR) is 105 cm³/mol. The van der Waals surface area contributed by atoms with Crippen LogP contribution in [0.25, 0.3) is 0 Å². The molecule has 6 heteroatoms. The zero-order valence-corrected chi connectivity index (χ0v) is 16.5. The fourth-order valence-corrected chi connectivity index (χ4v) is 2.82. The SMILES string of the molecule is CCOc1ccccc1C(=O)NCC(=O)NC(CC)c1ccc(Br)cc1. The largest absolute Gasteiger partial charge is 0.493 e. The molecule has 0 saturated carbocycles. The van der Waals surface area contributed by atoms with Gasteiger partial charge in [0.25, 0.3) is 5.91 Å². The van der Waals surface area contributed by atoms with Crippen LogP contribution < -0.4 is 15.4 Å². The third-order valence-corrected chi connectivity index (χ3v) is 4.39. The molecule has 2 aromatic rings. The highest BCUT2D eigenvalue weighted by Gasteiger charge is 2.15. The van der Waals surface area contributed by atoms with Crippen molar-refractivity contribution >= 4 is 27.7 Å². The van der Waals surface area contributed by atoms with Crippen molar-refractivity contribution < 1.29 is 14.3 Å². The van der Waals surface area contributed by atoms with E-state index in [1.165, 1.54) is 0 Å². The molecule has 0 aliphatic rings. The van der Waals surface area contributed by atoms with Gasteiger partial charge in [0, 0.05) is 4.47 Å². The highest BCUT2D eigenvalue weighted by atomic mass is 79.9. The molecule has 2 rings (SSSR count). The van der Waals surface area contributed by atoms with Gasteiger partial charge in [-0.15, -0.1) is 0 Å². The number of carbonyl (C=O) groups is 2. The minimum absolute atomic E-state index is 0.0910. The van der Waals surface area contributed by atoms with Crippen molar-refractivity contribution in [1.29, 1.82) is 0 Å². The Labute approximate surface area is 162 Å². The molecule has 0 aromatic heterocycles. The molecule has 1 atom stereocenters. The number of hydrogen-bond donors (Lipinski definition) is 2. The second-order valence-corrected chi connectivity index (χ2v) is 6.61. The van der Waals surface area contributed by atoms with Crippen LogP contribution in [0.5, 0.6) is 5.75 Å². The number of nitrogens with one attached hydrogen (secondary N) is 2. The van der Waals surface area contributed by atoms with Crippen LogP contribution >= 0.6 is 15.9 Å². The van der Waals surface area contributed by atoms with Crippen LogP contribution in [0.2, 0.25) is 0 Å². The highest BCUT2D eigenvalue weighted by molar-refractivity contribution is 9.10. The molecule has 0 aliphatic heterocycles. The number of rotatable bonds is 8. The quantitative estimate of drug-likeness (QED) is 0.683. The van der Waals surface area contributed by atoms with Gasteiger partial charge in [-0.2, -0.15) is 0 Å². The summed E-state index contributed by atoms with van der Waals surface area (Å²) < 4.78 is 6.44. The van der Waals surface area contributed by atoms with Crippen molar-refractivity contribution in [2.75, 3.05) is 13.2 Å². The van der Waals surface area contributed by atoms with Gasteiger partial charge in [0.15, 0.2) is 0 Å². The molecular weight excluding hydrogens is 396 g/mol. The fourth-order valence-electron chi connectivity index (χ4n) is 2.55. The van der Waals surface area contributed by atoms with Crippen molar-refractivity contribution in [3.63, 3.8) is 0 Å². The number of benzene rings is 2. The Balaban J connectivity index is 1.93. The molecule has 0 bridgehead atoms. The summed E-state index contributed by atoms with van der Waals surface area (Å²) in [5.74, 6) is -0.0582. The lowest BCUT2D eigenvalue weighted by atomic mass is 10.0. The Hall–Kier alpha value is -2.34. The summed E-state index contributed by atoms with van der Waals surface area (Å²) >= 11 is 3.40. The van der Waals surface area contributed by atoms with E-state index in [0.717, 1.165) is 16.5 Å². The molecule has 0 aliphatic carbocycles. The van der Waals surface area contributed by atoms with Crippen LogP contribution in [0.4, 0.5) is 0 Å². The Kier molecular flexibility index (Phi) is 7.66. The van der Waals surface area contributed by atoms with Crippen molar-refractivity contribution in [1.82, 2.24) is 10.6 Å². The molecule has 0 fully saturated rings. The van der Waals surface area contributed by atoms with Gasteiger partial charge in [-0.1, -0.05) is 47.1 Å². The predicted octanol–water partition coefficient (Wildman–Crippen LogP) is 3.85. The summed E-state index contributed by atoms with van der Waals surface area (Å²) in [7, 11) is 0. The van der Waals surface area contributed by atoms with Crippen LogP contribution in [0.3, 0.4) is 0 Å². The Morgan fingerprint density at radius 3 is 2.42 bits per heavy atom. The zero-order chi connectivity index (χ0) is 18.9. The molecule has 0 spiro atoms. The van der Waals surface area contributed by atoms with Gasteiger partial charge in [-0.25, -0.2) is 0 Å². The number of carbonyl (C=O) groups excluding carboxylic acids is 2. The minimum atomic E-state index is -0.333. The summed E-state index contributed by atoms with van der Waals surface area (Å²) in [6.07, 6.45) is 0.758. The summed E-state index contributed by atoms with van der Waals surface area (Å²) in [5.41, 5.74) is 1.44. The molecule has 138 valence electrons. The van der Waals surface area contributed by atoms with Crippen LogP contribution in [0.15, 0.2) is 53.0 Å². The van der Waals surface area contributed by atoms with Gasteiger partial charge in [0.05, 0.1) is 24.8 Å². The zero-order valence-electron chi connectivity index (χ0n) is 14.9. The first-order valence-electron chi connectivity index (χ1n) is 8.60. The first kappa shape index (κ1) is 20.0. The summed E-state index contributed by atoms with van der Waals surface area (Å²) in [6, 6.07) is 14.7. The van der Waals surface area contributed by atoms with Crippen LogP contribution in [0, 0.1) is 0 Å². The maximum absolute atomic E-state index is 12.3. The maximum Gasteiger partial charge on any atom is 0.255 e. The van der Waals surface area contributed by atoms with Gasteiger partial charge in [-0.3, -0.25) is 9.59 Å². The molecule has 0 heterocycles. The van der Waals surface area contributed by atoms with Crippen molar-refractivity contribution in [2.24, 2.45) is 0 Å². The average molecular weight is 419 g/mol. The number of ether oxygens (including phenoxy) is 1. The van der Waals surface area contributed by atoms with E-state index in [2.05, 4.69) is 26.6 Å². The van der Waals surface area contributed by atoms with Gasteiger partial charge >= 0.3 is 0 Å². The topological polar surface area (TPSA) is 67.4 Å². The Bertz CT molecular complexity index is 747. The summed E-state index contributed by atoms with van der Waals surface area (Å²) in [5, 5.41) is 5.60. The number of halogens is 1. The van der Waals surface area contributed by atoms with E-state index in [1.54, 1.807) is 24.3 Å². The minimum Gasteiger partial charge on any atom is -0.493 e. The lowest BCUT2D eigenvalue weighted by Crippen LogP contribution is -2.38. The molecule has 1 unspecified atom stereocenters. The molecule has 2 aromatic carbocycles. The van der Waals surface area contributed by atoms with E-state index in [0.29, 0.717) is 17.9 Å². The molecular formula is C20H23BrN2O3. The molecule has 26 heavy (non-hydrogen) atoms. The third kappa shape index (κ3) is 5.59. The maximum atomic E-state index is 12.3. The summed E-state index contributed by atoms with van der Waals surface area (Å²) in [4.78, 5) is 24.6. The fraction of sp³-hybridized carbons (Fsp3) is 0.300. The van der Waals surface area contributed by atoms with E-state index in [1.807, 2.05) is 38.1 Å². The second-order valence-electron chi connectivity index (χ2n) is 5.69. The molecule has 5 nitrogen and oxygen atoms in total. The smallest absolute Gasteiger partial charge is 0.255 e. The molecule has 2 N–H and O–H groups in total. The van der Waals surface area contributed by atoms with E-state index in [-0.39, 0.29) is 24.4 Å². The van der Waals surface area contributed by atoms with Crippen LogP contribution in [-0.4, -0.2) is 25.0 Å². The van der Waals surface area contributed by atoms with Crippen molar-refractivity contribution in [3.05, 3.63) is 64.1 Å². The average Bonchev–Trinajstić information content (AvgIpc) is 2.65. The van der Waals surface area contributed by atoms with E-state index in [9.17, 15) is 9.59 Å². The second kappa shape index (κ2) is 9.97. The van der Waals surface area contributed by atoms with E-state index < -0.39 is 0 Å². The molecule has 0 radical (unpaired) electrons. The van der Waals surface area contributed by atoms with Gasteiger partial charge in [-0.05, 0) is 43.2 Å². The molecule has 2 amide bonds. The first-order chi connectivity index (χ1) is 12.5. The standard InChI is InChI=1S/C20H23BrN2O3/c1-3-17(14-9-11-15(21)12-10-14)23-19(24)13-22-20(25)16-7-5-6-8-18(16)26-4-2/h5-12,17H,3-4,13H2,1-2H3,(H,22,25)(H,23,24). The Morgan fingerprint density at radius 2 is 1.77 bits per heavy atom. The van der Waals surface area contributed by atoms with Crippen molar-refractivity contribution in [2.45, 2.75) is 26.3 Å². The number of amides is 2. The van der Waals surface area contributed by atoms with Crippen molar-refractivity contribution in [3.8, 4) is 5.75 Å². The summed E-state index contributed by atoms with van der Waals surface area (Å²) in [6.45, 7) is 4.24. The lowest BCUT2D eigenvalue weighted by Gasteiger charge is -2.18. The Morgan fingerprint density at radius 1 is 1.08 bits per heavy atom. The van der Waals surface area contributed by atoms with E-state index in [4.69, 9.17) is 4.74 Å². The number of para-hydroxylation sites is 1. The van der Waals surface area contributed by atoms with Crippen LogP contribution in [0.1, 0.15) is 42.2 Å². The monoisotopic (exact) mass is 418 g/mol. The first-order valence-corrected chi connectivity index (χ1v) is 9.39. The third-order valence-electron chi connectivity index (χ3n) is 3.86. The van der Waals surface area contributed by atoms with Gasteiger partial charge < -0.3 is 15.4 Å². The van der Waals surface area contributed by atoms with Gasteiger partial charge in [0.1, 0.15) is 5.75 Å². The number of hydrogen-bond acceptors (Lipinski definition) is 3. The lowest BCUT2D eigenvalue weighted by molar-refractivity contribution is -0.120.